The van der Waals surface area contributed by atoms with Crippen LogP contribution < -0.4 is 5.57 Å². The second kappa shape index (κ2) is 4.04. The zero-order chi connectivity index (χ0) is 9.97. The van der Waals surface area contributed by atoms with Crippen LogP contribution in [0, 0.1) is 0 Å². The lowest BCUT2D eigenvalue weighted by atomic mass is 10.1. The molecule has 1 heterocycles. The number of rotatable bonds is 1. The van der Waals surface area contributed by atoms with Crippen molar-refractivity contribution < 1.29 is 0 Å². The third-order valence-corrected chi connectivity index (χ3v) is 2.43. The van der Waals surface area contributed by atoms with Crippen molar-refractivity contribution in [2.24, 2.45) is 0 Å². The minimum Gasteiger partial charge on any atom is -0.237 e. The summed E-state index contributed by atoms with van der Waals surface area (Å²) in [6.45, 7) is 0. The maximum Gasteiger partial charge on any atom is 0.144 e. The summed E-state index contributed by atoms with van der Waals surface area (Å²) in [6, 6.07) is 9.46. The standard InChI is InChI=1S/C10H8ClN2P/c11-8-4-2-1-3-7(8)9-5-6-12-10(14)13-9/h1-6H,14H2. The molecule has 0 bridgehead atoms. The summed E-state index contributed by atoms with van der Waals surface area (Å²) in [5.41, 5.74) is 2.44. The van der Waals surface area contributed by atoms with Gasteiger partial charge in [0.2, 0.25) is 0 Å². The maximum absolute atomic E-state index is 6.04. The van der Waals surface area contributed by atoms with E-state index in [-0.39, 0.29) is 0 Å². The van der Waals surface area contributed by atoms with Crippen LogP contribution in [0.4, 0.5) is 0 Å². The smallest absolute Gasteiger partial charge is 0.144 e. The number of benzene rings is 1. The minimum absolute atomic E-state index is 0.669. The molecule has 0 spiro atoms. The maximum atomic E-state index is 6.04. The highest BCUT2D eigenvalue weighted by atomic mass is 35.5. The highest BCUT2D eigenvalue weighted by Gasteiger charge is 2.03. The van der Waals surface area contributed by atoms with Gasteiger partial charge in [-0.25, -0.2) is 9.97 Å². The molecule has 0 aliphatic heterocycles. The van der Waals surface area contributed by atoms with Gasteiger partial charge in [-0.2, -0.15) is 0 Å². The first-order valence-corrected chi connectivity index (χ1v) is 5.06. The Morgan fingerprint density at radius 1 is 1.14 bits per heavy atom. The van der Waals surface area contributed by atoms with E-state index in [1.807, 2.05) is 30.3 Å². The lowest BCUT2D eigenvalue weighted by Gasteiger charge is -2.02. The van der Waals surface area contributed by atoms with Crippen LogP contribution >= 0.6 is 20.8 Å². The van der Waals surface area contributed by atoms with Crippen molar-refractivity contribution in [1.29, 1.82) is 0 Å². The molecule has 14 heavy (non-hydrogen) atoms. The number of hydrogen-bond acceptors (Lipinski definition) is 2. The molecule has 0 radical (unpaired) electrons. The Hall–Kier alpha value is -0.980. The number of halogens is 1. The van der Waals surface area contributed by atoms with E-state index in [4.69, 9.17) is 11.6 Å². The van der Waals surface area contributed by atoms with Crippen LogP contribution in [0.1, 0.15) is 0 Å². The van der Waals surface area contributed by atoms with Crippen molar-refractivity contribution in [3.63, 3.8) is 0 Å². The molecule has 0 N–H and O–H groups in total. The molecule has 0 saturated carbocycles. The van der Waals surface area contributed by atoms with Gasteiger partial charge < -0.3 is 0 Å². The molecule has 1 aromatic carbocycles. The first-order valence-electron chi connectivity index (χ1n) is 4.11. The molecule has 0 aliphatic rings. The van der Waals surface area contributed by atoms with Gasteiger partial charge in [0.05, 0.1) is 5.69 Å². The predicted molar refractivity (Wildman–Crippen MR) is 61.8 cm³/mol. The van der Waals surface area contributed by atoms with Crippen LogP contribution in [0.5, 0.6) is 0 Å². The fourth-order valence-corrected chi connectivity index (χ4v) is 1.65. The first kappa shape index (κ1) is 9.57. The number of nitrogens with zero attached hydrogens (tertiary/aromatic N) is 2. The van der Waals surface area contributed by atoms with Crippen LogP contribution in [0.15, 0.2) is 36.5 Å². The van der Waals surface area contributed by atoms with Crippen molar-refractivity contribution in [3.05, 3.63) is 41.6 Å². The van der Waals surface area contributed by atoms with E-state index in [0.29, 0.717) is 10.6 Å². The number of hydrogen-bond donors (Lipinski definition) is 0. The Kier molecular flexibility index (Phi) is 2.76. The van der Waals surface area contributed by atoms with Gasteiger partial charge in [0.15, 0.2) is 0 Å². The van der Waals surface area contributed by atoms with E-state index in [9.17, 15) is 0 Å². The molecule has 2 nitrogen and oxygen atoms in total. The van der Waals surface area contributed by atoms with Crippen LogP contribution in [0.2, 0.25) is 5.02 Å². The average molecular weight is 223 g/mol. The van der Waals surface area contributed by atoms with E-state index in [1.54, 1.807) is 6.20 Å². The summed E-state index contributed by atoms with van der Waals surface area (Å²) in [4.78, 5) is 8.28. The van der Waals surface area contributed by atoms with E-state index >= 15 is 0 Å². The van der Waals surface area contributed by atoms with E-state index < -0.39 is 0 Å². The molecular weight excluding hydrogens is 215 g/mol. The molecule has 0 aliphatic carbocycles. The minimum atomic E-state index is 0.669. The summed E-state index contributed by atoms with van der Waals surface area (Å²) >= 11 is 6.04. The molecule has 1 atom stereocenters. The van der Waals surface area contributed by atoms with Gasteiger partial charge in [-0.1, -0.05) is 39.0 Å². The van der Waals surface area contributed by atoms with Gasteiger partial charge in [0.1, 0.15) is 5.57 Å². The monoisotopic (exact) mass is 222 g/mol. The molecule has 2 rings (SSSR count). The van der Waals surface area contributed by atoms with Crippen LogP contribution in [0.3, 0.4) is 0 Å². The first-order chi connectivity index (χ1) is 6.77. The van der Waals surface area contributed by atoms with Gasteiger partial charge in [-0.15, -0.1) is 0 Å². The molecule has 4 heteroatoms. The summed E-state index contributed by atoms with van der Waals surface area (Å²) in [5, 5.41) is 0.704. The molecular formula is C10H8ClN2P. The van der Waals surface area contributed by atoms with Crippen molar-refractivity contribution in [3.8, 4) is 11.3 Å². The van der Waals surface area contributed by atoms with Gasteiger partial charge in [-0.05, 0) is 12.1 Å². The van der Waals surface area contributed by atoms with E-state index in [2.05, 4.69) is 19.2 Å². The van der Waals surface area contributed by atoms with Crippen LogP contribution in [-0.4, -0.2) is 9.97 Å². The Morgan fingerprint density at radius 3 is 2.64 bits per heavy atom. The fraction of sp³-hybridized carbons (Fsp3) is 0. The van der Waals surface area contributed by atoms with Gasteiger partial charge in [0, 0.05) is 16.8 Å². The quantitative estimate of drug-likeness (QED) is 0.692. The SMILES string of the molecule is Pc1nccc(-c2ccccc2Cl)n1. The second-order valence-corrected chi connectivity index (χ2v) is 3.70. The van der Waals surface area contributed by atoms with Crippen molar-refractivity contribution in [1.82, 2.24) is 9.97 Å². The molecule has 0 saturated heterocycles. The molecule has 0 fully saturated rings. The third-order valence-electron chi connectivity index (χ3n) is 1.82. The highest BCUT2D eigenvalue weighted by Crippen LogP contribution is 2.24. The highest BCUT2D eigenvalue weighted by molar-refractivity contribution is 7.26. The zero-order valence-corrected chi connectivity index (χ0v) is 9.22. The molecule has 70 valence electrons. The normalized spacial score (nSPS) is 10.1. The number of aromatic nitrogens is 2. The Bertz CT molecular complexity index is 459. The predicted octanol–water partition coefficient (Wildman–Crippen LogP) is 2.30. The summed E-state index contributed by atoms with van der Waals surface area (Å²) < 4.78 is 0. The zero-order valence-electron chi connectivity index (χ0n) is 7.31. The molecule has 2 aromatic rings. The van der Waals surface area contributed by atoms with Crippen molar-refractivity contribution in [2.75, 3.05) is 0 Å². The lowest BCUT2D eigenvalue weighted by Crippen LogP contribution is -2.03. The van der Waals surface area contributed by atoms with Crippen molar-refractivity contribution >= 4 is 26.4 Å². The summed E-state index contributed by atoms with van der Waals surface area (Å²) in [7, 11) is 2.46. The third kappa shape index (κ3) is 1.92. The Labute approximate surface area is 89.6 Å². The van der Waals surface area contributed by atoms with Crippen LogP contribution in [0.25, 0.3) is 11.3 Å². The van der Waals surface area contributed by atoms with Gasteiger partial charge in [-0.3, -0.25) is 0 Å². The molecule has 1 unspecified atom stereocenters. The van der Waals surface area contributed by atoms with Crippen molar-refractivity contribution in [2.45, 2.75) is 0 Å². The average Bonchev–Trinajstić information content (AvgIpc) is 2.18. The van der Waals surface area contributed by atoms with E-state index in [1.165, 1.54) is 0 Å². The van der Waals surface area contributed by atoms with Crippen LogP contribution in [-0.2, 0) is 0 Å². The Balaban J connectivity index is 2.55. The van der Waals surface area contributed by atoms with E-state index in [0.717, 1.165) is 11.3 Å². The topological polar surface area (TPSA) is 25.8 Å². The molecule has 0 amide bonds. The second-order valence-electron chi connectivity index (χ2n) is 2.78. The molecule has 1 aromatic heterocycles. The summed E-state index contributed by atoms with van der Waals surface area (Å²) in [5.74, 6) is 0. The van der Waals surface area contributed by atoms with Gasteiger partial charge >= 0.3 is 0 Å². The largest absolute Gasteiger partial charge is 0.237 e. The Morgan fingerprint density at radius 2 is 1.93 bits per heavy atom. The fourth-order valence-electron chi connectivity index (χ4n) is 1.19. The lowest BCUT2D eigenvalue weighted by molar-refractivity contribution is 1.24. The van der Waals surface area contributed by atoms with Gasteiger partial charge in [0.25, 0.3) is 0 Å². The summed E-state index contributed by atoms with van der Waals surface area (Å²) in [6.07, 6.45) is 1.72.